The van der Waals surface area contributed by atoms with Crippen LogP contribution in [0.5, 0.6) is 0 Å². The maximum atomic E-state index is 11.7. The fourth-order valence-corrected chi connectivity index (χ4v) is 2.70. The molecule has 1 heterocycles. The molecule has 3 aromatic rings. The van der Waals surface area contributed by atoms with Gasteiger partial charge in [-0.3, -0.25) is 4.79 Å². The zero-order valence-electron chi connectivity index (χ0n) is 11.7. The van der Waals surface area contributed by atoms with Gasteiger partial charge >= 0.3 is 29.6 Å². The minimum atomic E-state index is -4.76. The molecule has 0 fully saturated rings. The van der Waals surface area contributed by atoms with Gasteiger partial charge in [0.25, 0.3) is 5.56 Å². The zero-order chi connectivity index (χ0) is 15.0. The van der Waals surface area contributed by atoms with Crippen LogP contribution in [0.25, 0.3) is 22.0 Å². The SMILES string of the molecule is O=c1[nH]c(-c2ccc3ccccc3c2)ccc1S(=O)(=O)[O-].[Na+]. The molecule has 0 unspecified atom stereocenters. The predicted octanol–water partition coefficient (Wildman–Crippen LogP) is -0.897. The van der Waals surface area contributed by atoms with Gasteiger partial charge in [-0.05, 0) is 34.5 Å². The van der Waals surface area contributed by atoms with Crippen LogP contribution in [0.1, 0.15) is 0 Å². The molecule has 22 heavy (non-hydrogen) atoms. The normalized spacial score (nSPS) is 11.1. The first kappa shape index (κ1) is 16.9. The van der Waals surface area contributed by atoms with Gasteiger partial charge in [0.05, 0.1) is 0 Å². The van der Waals surface area contributed by atoms with Crippen molar-refractivity contribution in [3.05, 3.63) is 65.0 Å². The number of pyridine rings is 1. The molecule has 1 aromatic heterocycles. The molecular formula is C15H10NNaO4S. The summed E-state index contributed by atoms with van der Waals surface area (Å²) in [6, 6.07) is 15.8. The molecule has 0 aliphatic carbocycles. The average Bonchev–Trinajstić information content (AvgIpc) is 2.45. The number of nitrogens with one attached hydrogen (secondary N) is 1. The second-order valence-corrected chi connectivity index (χ2v) is 5.93. The fraction of sp³-hybridized carbons (Fsp3) is 0. The monoisotopic (exact) mass is 323 g/mol. The van der Waals surface area contributed by atoms with Crippen LogP contribution in [0.2, 0.25) is 0 Å². The summed E-state index contributed by atoms with van der Waals surface area (Å²) < 4.78 is 32.7. The standard InChI is InChI=1S/C15H11NO4S.Na/c17-15-14(21(18,19)20)8-7-13(16-15)12-6-5-10-3-1-2-4-11(10)9-12;/h1-9H,(H,16,17)(H,18,19,20);/q;+1/p-1. The van der Waals surface area contributed by atoms with Crippen molar-refractivity contribution in [2.45, 2.75) is 4.90 Å². The molecule has 0 amide bonds. The molecule has 0 saturated heterocycles. The smallest absolute Gasteiger partial charge is 0.744 e. The van der Waals surface area contributed by atoms with Crippen molar-refractivity contribution >= 4 is 20.9 Å². The van der Waals surface area contributed by atoms with E-state index in [2.05, 4.69) is 4.98 Å². The van der Waals surface area contributed by atoms with E-state index in [1.165, 1.54) is 6.07 Å². The Morgan fingerprint density at radius 2 is 1.59 bits per heavy atom. The van der Waals surface area contributed by atoms with Gasteiger partial charge in [-0.25, -0.2) is 8.42 Å². The third-order valence-electron chi connectivity index (χ3n) is 3.20. The largest absolute Gasteiger partial charge is 1.00 e. The molecular weight excluding hydrogens is 313 g/mol. The minimum absolute atomic E-state index is 0. The van der Waals surface area contributed by atoms with Gasteiger partial charge < -0.3 is 9.54 Å². The summed E-state index contributed by atoms with van der Waals surface area (Å²) in [5.41, 5.74) is 0.287. The Kier molecular flexibility index (Phi) is 4.89. The quantitative estimate of drug-likeness (QED) is 0.489. The summed E-state index contributed by atoms with van der Waals surface area (Å²) in [6.45, 7) is 0. The molecule has 106 valence electrons. The van der Waals surface area contributed by atoms with Gasteiger partial charge in [-0.1, -0.05) is 36.4 Å². The van der Waals surface area contributed by atoms with Crippen LogP contribution in [-0.4, -0.2) is 18.0 Å². The van der Waals surface area contributed by atoms with Crippen molar-refractivity contribution in [3.8, 4) is 11.3 Å². The Labute approximate surface area is 149 Å². The van der Waals surface area contributed by atoms with Crippen molar-refractivity contribution in [2.24, 2.45) is 0 Å². The number of fused-ring (bicyclic) bond motifs is 1. The molecule has 0 atom stereocenters. The number of H-pyrrole nitrogens is 1. The maximum Gasteiger partial charge on any atom is 1.00 e. The van der Waals surface area contributed by atoms with E-state index in [4.69, 9.17) is 0 Å². The maximum absolute atomic E-state index is 11.7. The van der Waals surface area contributed by atoms with Gasteiger partial charge in [0.1, 0.15) is 15.0 Å². The van der Waals surface area contributed by atoms with E-state index in [-0.39, 0.29) is 29.6 Å². The van der Waals surface area contributed by atoms with Crippen LogP contribution in [-0.2, 0) is 10.1 Å². The Morgan fingerprint density at radius 3 is 2.23 bits per heavy atom. The van der Waals surface area contributed by atoms with Crippen LogP contribution in [0.3, 0.4) is 0 Å². The summed E-state index contributed by atoms with van der Waals surface area (Å²) >= 11 is 0. The van der Waals surface area contributed by atoms with Gasteiger partial charge in [0, 0.05) is 5.69 Å². The fourth-order valence-electron chi connectivity index (χ4n) is 2.18. The third kappa shape index (κ3) is 3.31. The van der Waals surface area contributed by atoms with E-state index in [9.17, 15) is 17.8 Å². The van der Waals surface area contributed by atoms with Crippen LogP contribution < -0.4 is 35.1 Å². The van der Waals surface area contributed by atoms with Crippen LogP contribution >= 0.6 is 0 Å². The number of aromatic nitrogens is 1. The molecule has 0 aliphatic rings. The van der Waals surface area contributed by atoms with Crippen LogP contribution in [0.4, 0.5) is 0 Å². The van der Waals surface area contributed by atoms with Crippen LogP contribution in [0.15, 0.2) is 64.3 Å². The molecule has 0 bridgehead atoms. The number of benzene rings is 2. The van der Waals surface area contributed by atoms with E-state index in [1.807, 2.05) is 42.5 Å². The average molecular weight is 323 g/mol. The van der Waals surface area contributed by atoms with E-state index < -0.39 is 20.6 Å². The van der Waals surface area contributed by atoms with Crippen molar-refractivity contribution in [1.82, 2.24) is 4.98 Å². The molecule has 5 nitrogen and oxygen atoms in total. The summed E-state index contributed by atoms with van der Waals surface area (Å²) in [6.07, 6.45) is 0. The number of hydrogen-bond donors (Lipinski definition) is 1. The molecule has 7 heteroatoms. The summed E-state index contributed by atoms with van der Waals surface area (Å²) in [4.78, 5) is 13.3. The Morgan fingerprint density at radius 1 is 0.909 bits per heavy atom. The topological polar surface area (TPSA) is 90.1 Å². The van der Waals surface area contributed by atoms with Crippen molar-refractivity contribution in [2.75, 3.05) is 0 Å². The summed E-state index contributed by atoms with van der Waals surface area (Å²) in [5, 5.41) is 2.05. The first-order valence-electron chi connectivity index (χ1n) is 6.13. The van der Waals surface area contributed by atoms with Crippen molar-refractivity contribution in [3.63, 3.8) is 0 Å². The van der Waals surface area contributed by atoms with E-state index in [0.29, 0.717) is 5.69 Å². The zero-order valence-corrected chi connectivity index (χ0v) is 14.6. The van der Waals surface area contributed by atoms with Crippen molar-refractivity contribution in [1.29, 1.82) is 0 Å². The molecule has 0 spiro atoms. The molecule has 2 aromatic carbocycles. The molecule has 3 rings (SSSR count). The third-order valence-corrected chi connectivity index (χ3v) is 4.06. The summed E-state index contributed by atoms with van der Waals surface area (Å²) in [5.74, 6) is 0. The second-order valence-electron chi connectivity index (χ2n) is 4.58. The molecule has 0 saturated carbocycles. The summed E-state index contributed by atoms with van der Waals surface area (Å²) in [7, 11) is -4.76. The number of rotatable bonds is 2. The first-order valence-corrected chi connectivity index (χ1v) is 7.54. The molecule has 1 N–H and O–H groups in total. The van der Waals surface area contributed by atoms with E-state index >= 15 is 0 Å². The molecule has 0 radical (unpaired) electrons. The van der Waals surface area contributed by atoms with E-state index in [0.717, 1.165) is 22.4 Å². The second kappa shape index (κ2) is 6.36. The van der Waals surface area contributed by atoms with Crippen molar-refractivity contribution < 1.29 is 42.5 Å². The Bertz CT molecular complexity index is 996. The van der Waals surface area contributed by atoms with Gasteiger partial charge in [-0.15, -0.1) is 0 Å². The number of hydrogen-bond acceptors (Lipinski definition) is 4. The minimum Gasteiger partial charge on any atom is -0.744 e. The van der Waals surface area contributed by atoms with E-state index in [1.54, 1.807) is 0 Å². The molecule has 0 aliphatic heterocycles. The van der Waals surface area contributed by atoms with Gasteiger partial charge in [-0.2, -0.15) is 0 Å². The predicted molar refractivity (Wildman–Crippen MR) is 78.0 cm³/mol. The van der Waals surface area contributed by atoms with Crippen LogP contribution in [0, 0.1) is 0 Å². The Hall–Kier alpha value is -1.44. The van der Waals surface area contributed by atoms with Gasteiger partial charge in [0.15, 0.2) is 0 Å². The Balaban J connectivity index is 0.00000176. The first-order chi connectivity index (χ1) is 9.95. The van der Waals surface area contributed by atoms with Gasteiger partial charge in [0.2, 0.25) is 0 Å². The number of aromatic amines is 1.